The van der Waals surface area contributed by atoms with Crippen molar-refractivity contribution in [2.24, 2.45) is 0 Å². The summed E-state index contributed by atoms with van der Waals surface area (Å²) in [5.41, 5.74) is 0. The summed E-state index contributed by atoms with van der Waals surface area (Å²) in [6, 6.07) is 0.908. The SMILES string of the molecule is CCCNCCCN(C)C1CCC1. The van der Waals surface area contributed by atoms with Crippen molar-refractivity contribution < 1.29 is 0 Å². The first-order valence-electron chi connectivity index (χ1n) is 5.75. The van der Waals surface area contributed by atoms with E-state index in [1.807, 2.05) is 0 Å². The summed E-state index contributed by atoms with van der Waals surface area (Å²) in [5.74, 6) is 0. The molecule has 0 aromatic heterocycles. The van der Waals surface area contributed by atoms with Gasteiger partial charge in [0.1, 0.15) is 0 Å². The van der Waals surface area contributed by atoms with Crippen molar-refractivity contribution in [2.45, 2.75) is 45.1 Å². The maximum atomic E-state index is 3.44. The van der Waals surface area contributed by atoms with Crippen LogP contribution in [0.3, 0.4) is 0 Å². The Labute approximate surface area is 82.7 Å². The standard InChI is InChI=1S/C11H24N2/c1-3-8-12-9-5-10-13(2)11-6-4-7-11/h11-12H,3-10H2,1-2H3. The van der Waals surface area contributed by atoms with E-state index in [2.05, 4.69) is 24.2 Å². The molecule has 2 nitrogen and oxygen atoms in total. The molecular formula is C11H24N2. The molecule has 0 atom stereocenters. The highest BCUT2D eigenvalue weighted by Crippen LogP contribution is 2.23. The van der Waals surface area contributed by atoms with Crippen LogP contribution in [0.25, 0.3) is 0 Å². The molecule has 2 heteroatoms. The summed E-state index contributed by atoms with van der Waals surface area (Å²) in [7, 11) is 2.27. The highest BCUT2D eigenvalue weighted by molar-refractivity contribution is 4.77. The van der Waals surface area contributed by atoms with Crippen molar-refractivity contribution in [3.8, 4) is 0 Å². The van der Waals surface area contributed by atoms with E-state index in [9.17, 15) is 0 Å². The van der Waals surface area contributed by atoms with Crippen LogP contribution in [0.15, 0.2) is 0 Å². The fourth-order valence-electron chi connectivity index (χ4n) is 1.77. The van der Waals surface area contributed by atoms with Gasteiger partial charge in [-0.2, -0.15) is 0 Å². The first-order valence-corrected chi connectivity index (χ1v) is 5.75. The number of nitrogens with one attached hydrogen (secondary N) is 1. The van der Waals surface area contributed by atoms with Crippen LogP contribution in [-0.4, -0.2) is 37.6 Å². The summed E-state index contributed by atoms with van der Waals surface area (Å²) >= 11 is 0. The molecule has 1 N–H and O–H groups in total. The van der Waals surface area contributed by atoms with Gasteiger partial charge >= 0.3 is 0 Å². The van der Waals surface area contributed by atoms with Gasteiger partial charge in [-0.1, -0.05) is 13.3 Å². The summed E-state index contributed by atoms with van der Waals surface area (Å²) in [4.78, 5) is 2.52. The van der Waals surface area contributed by atoms with E-state index < -0.39 is 0 Å². The van der Waals surface area contributed by atoms with Crippen LogP contribution in [0.5, 0.6) is 0 Å². The minimum absolute atomic E-state index is 0.908. The Balaban J connectivity index is 1.86. The quantitative estimate of drug-likeness (QED) is 0.608. The molecule has 1 aliphatic rings. The summed E-state index contributed by atoms with van der Waals surface area (Å²) in [5, 5.41) is 3.44. The molecule has 0 aromatic carbocycles. The first-order chi connectivity index (χ1) is 6.34. The average Bonchev–Trinajstić information content (AvgIpc) is 2.01. The molecule has 0 aromatic rings. The van der Waals surface area contributed by atoms with Gasteiger partial charge in [0.05, 0.1) is 0 Å². The van der Waals surface area contributed by atoms with Crippen molar-refractivity contribution in [2.75, 3.05) is 26.7 Å². The smallest absolute Gasteiger partial charge is 0.00922 e. The molecule has 0 aliphatic heterocycles. The molecule has 1 aliphatic carbocycles. The van der Waals surface area contributed by atoms with Gasteiger partial charge in [-0.25, -0.2) is 0 Å². The molecule has 1 fully saturated rings. The van der Waals surface area contributed by atoms with Crippen LogP contribution in [-0.2, 0) is 0 Å². The first kappa shape index (κ1) is 11.0. The minimum Gasteiger partial charge on any atom is -0.317 e. The third kappa shape index (κ3) is 4.10. The topological polar surface area (TPSA) is 15.3 Å². The van der Waals surface area contributed by atoms with Crippen molar-refractivity contribution in [3.63, 3.8) is 0 Å². The Bertz CT molecular complexity index is 121. The molecule has 0 radical (unpaired) electrons. The molecule has 0 unspecified atom stereocenters. The van der Waals surface area contributed by atoms with Crippen LogP contribution < -0.4 is 5.32 Å². The van der Waals surface area contributed by atoms with Crippen molar-refractivity contribution in [1.82, 2.24) is 10.2 Å². The highest BCUT2D eigenvalue weighted by Gasteiger charge is 2.20. The molecule has 0 bridgehead atoms. The fraction of sp³-hybridized carbons (Fsp3) is 1.00. The average molecular weight is 184 g/mol. The lowest BCUT2D eigenvalue weighted by Gasteiger charge is -2.34. The second-order valence-corrected chi connectivity index (χ2v) is 4.17. The zero-order chi connectivity index (χ0) is 9.52. The van der Waals surface area contributed by atoms with Crippen LogP contribution in [0.2, 0.25) is 0 Å². The van der Waals surface area contributed by atoms with E-state index in [4.69, 9.17) is 0 Å². The summed E-state index contributed by atoms with van der Waals surface area (Å²) < 4.78 is 0. The van der Waals surface area contributed by atoms with E-state index in [0.717, 1.165) is 6.04 Å². The van der Waals surface area contributed by atoms with Gasteiger partial charge in [0.2, 0.25) is 0 Å². The third-order valence-corrected chi connectivity index (χ3v) is 2.99. The predicted molar refractivity (Wildman–Crippen MR) is 58.0 cm³/mol. The molecule has 0 amide bonds. The van der Waals surface area contributed by atoms with Crippen molar-refractivity contribution in [1.29, 1.82) is 0 Å². The van der Waals surface area contributed by atoms with Crippen molar-refractivity contribution in [3.05, 3.63) is 0 Å². The van der Waals surface area contributed by atoms with E-state index in [0.29, 0.717) is 0 Å². The Kier molecular flexibility index (Phi) is 5.40. The molecule has 0 saturated heterocycles. The summed E-state index contributed by atoms with van der Waals surface area (Å²) in [6.45, 7) is 5.84. The second kappa shape index (κ2) is 6.39. The minimum atomic E-state index is 0.908. The molecule has 0 heterocycles. The lowest BCUT2D eigenvalue weighted by atomic mass is 9.92. The Morgan fingerprint density at radius 2 is 2.08 bits per heavy atom. The molecule has 78 valence electrons. The Morgan fingerprint density at radius 1 is 1.31 bits per heavy atom. The van der Waals surface area contributed by atoms with Gasteiger partial charge in [-0.15, -0.1) is 0 Å². The maximum absolute atomic E-state index is 3.44. The van der Waals surface area contributed by atoms with E-state index in [-0.39, 0.29) is 0 Å². The molecule has 1 rings (SSSR count). The highest BCUT2D eigenvalue weighted by atomic mass is 15.1. The fourth-order valence-corrected chi connectivity index (χ4v) is 1.77. The molecule has 0 spiro atoms. The van der Waals surface area contributed by atoms with Gasteiger partial charge in [-0.05, 0) is 52.4 Å². The second-order valence-electron chi connectivity index (χ2n) is 4.17. The zero-order valence-corrected chi connectivity index (χ0v) is 9.18. The van der Waals surface area contributed by atoms with Crippen LogP contribution in [0.4, 0.5) is 0 Å². The van der Waals surface area contributed by atoms with Gasteiger partial charge in [0, 0.05) is 6.04 Å². The lowest BCUT2D eigenvalue weighted by molar-refractivity contribution is 0.158. The number of rotatable bonds is 7. The largest absolute Gasteiger partial charge is 0.317 e. The Morgan fingerprint density at radius 3 is 2.62 bits per heavy atom. The molecule has 1 saturated carbocycles. The van der Waals surface area contributed by atoms with Crippen molar-refractivity contribution >= 4 is 0 Å². The number of hydrogen-bond acceptors (Lipinski definition) is 2. The van der Waals surface area contributed by atoms with Crippen LogP contribution in [0.1, 0.15) is 39.0 Å². The van der Waals surface area contributed by atoms with Crippen LogP contribution >= 0.6 is 0 Å². The predicted octanol–water partition coefficient (Wildman–Crippen LogP) is 1.86. The zero-order valence-electron chi connectivity index (χ0n) is 9.18. The normalized spacial score (nSPS) is 17.8. The Hall–Kier alpha value is -0.0800. The molecule has 13 heavy (non-hydrogen) atoms. The van der Waals surface area contributed by atoms with E-state index in [1.165, 1.54) is 51.7 Å². The van der Waals surface area contributed by atoms with E-state index in [1.54, 1.807) is 0 Å². The van der Waals surface area contributed by atoms with Gasteiger partial charge < -0.3 is 10.2 Å². The monoisotopic (exact) mass is 184 g/mol. The van der Waals surface area contributed by atoms with E-state index >= 15 is 0 Å². The molecular weight excluding hydrogens is 160 g/mol. The van der Waals surface area contributed by atoms with Gasteiger partial charge in [0.15, 0.2) is 0 Å². The summed E-state index contributed by atoms with van der Waals surface area (Å²) in [6.07, 6.45) is 6.85. The van der Waals surface area contributed by atoms with Crippen LogP contribution in [0, 0.1) is 0 Å². The lowest BCUT2D eigenvalue weighted by Crippen LogP contribution is -2.38. The van der Waals surface area contributed by atoms with Gasteiger partial charge in [0.25, 0.3) is 0 Å². The third-order valence-electron chi connectivity index (χ3n) is 2.99. The number of nitrogens with zero attached hydrogens (tertiary/aromatic N) is 1. The maximum Gasteiger partial charge on any atom is 0.00922 e. The van der Waals surface area contributed by atoms with Gasteiger partial charge in [-0.3, -0.25) is 0 Å². The number of hydrogen-bond donors (Lipinski definition) is 1.